The number of thioether (sulfide) groups is 1. The normalized spacial score (nSPS) is 17.1. The van der Waals surface area contributed by atoms with Gasteiger partial charge in [-0.25, -0.2) is 4.68 Å². The molecule has 2 aliphatic rings. The van der Waals surface area contributed by atoms with Gasteiger partial charge in [-0.05, 0) is 49.6 Å². The van der Waals surface area contributed by atoms with Crippen molar-refractivity contribution in [2.75, 3.05) is 11.1 Å². The fraction of sp³-hybridized carbons (Fsp3) is 0.320. The molecule has 1 N–H and O–H groups in total. The lowest BCUT2D eigenvalue weighted by Gasteiger charge is -2.33. The molecular weight excluding hydrogens is 571 g/mol. The SMILES string of the molecule is CCCSc1nc2n(n1)C(c1cc(Br)ccc1OCc1ccc(Cl)cc1Cl)C1=C(CCCC1=O)N2. The summed E-state index contributed by atoms with van der Waals surface area (Å²) < 4.78 is 8.99. The smallest absolute Gasteiger partial charge is 0.227 e. The molecule has 0 saturated heterocycles. The van der Waals surface area contributed by atoms with Gasteiger partial charge in [-0.3, -0.25) is 4.79 Å². The maximum Gasteiger partial charge on any atom is 0.227 e. The Balaban J connectivity index is 1.57. The Bertz CT molecular complexity index is 1330. The number of nitrogens with one attached hydrogen (secondary N) is 1. The number of ketones is 1. The third kappa shape index (κ3) is 5.12. The highest BCUT2D eigenvalue weighted by Crippen LogP contribution is 2.44. The Hall–Kier alpha value is -2.00. The monoisotopic (exact) mass is 592 g/mol. The Kier molecular flexibility index (Phi) is 7.44. The molecule has 1 aromatic heterocycles. The summed E-state index contributed by atoms with van der Waals surface area (Å²) in [6.07, 6.45) is 3.16. The van der Waals surface area contributed by atoms with Gasteiger partial charge in [0.25, 0.3) is 0 Å². The number of anilines is 1. The van der Waals surface area contributed by atoms with E-state index in [1.54, 1.807) is 23.9 Å². The summed E-state index contributed by atoms with van der Waals surface area (Å²) >= 11 is 17.6. The molecule has 5 rings (SSSR count). The molecule has 0 radical (unpaired) electrons. The van der Waals surface area contributed by atoms with E-state index in [4.69, 9.17) is 38.0 Å². The van der Waals surface area contributed by atoms with Crippen molar-refractivity contribution in [3.05, 3.63) is 73.3 Å². The van der Waals surface area contributed by atoms with Gasteiger partial charge in [0.2, 0.25) is 11.1 Å². The van der Waals surface area contributed by atoms with Crippen LogP contribution in [0.3, 0.4) is 0 Å². The molecule has 1 aliphatic heterocycles. The summed E-state index contributed by atoms with van der Waals surface area (Å²) in [7, 11) is 0. The summed E-state index contributed by atoms with van der Waals surface area (Å²) in [5.74, 6) is 2.35. The Morgan fingerprint density at radius 2 is 2.09 bits per heavy atom. The third-order valence-electron chi connectivity index (χ3n) is 5.95. The van der Waals surface area contributed by atoms with E-state index in [-0.39, 0.29) is 12.4 Å². The summed E-state index contributed by atoms with van der Waals surface area (Å²) in [6.45, 7) is 2.39. The van der Waals surface area contributed by atoms with Gasteiger partial charge in [0.05, 0.1) is 0 Å². The fourth-order valence-electron chi connectivity index (χ4n) is 4.34. The van der Waals surface area contributed by atoms with Crippen molar-refractivity contribution >= 4 is 62.6 Å². The number of hydrogen-bond acceptors (Lipinski definition) is 6. The molecule has 2 heterocycles. The van der Waals surface area contributed by atoms with Crippen LogP contribution in [0.2, 0.25) is 10.0 Å². The number of Topliss-reactive ketones (excluding diaryl/α,β-unsaturated/α-hetero) is 1. The van der Waals surface area contributed by atoms with Crippen LogP contribution < -0.4 is 10.1 Å². The van der Waals surface area contributed by atoms with Crippen LogP contribution in [0, 0.1) is 0 Å². The highest BCUT2D eigenvalue weighted by atomic mass is 79.9. The number of benzene rings is 2. The molecule has 0 bridgehead atoms. The molecule has 0 saturated carbocycles. The molecule has 1 unspecified atom stereocenters. The van der Waals surface area contributed by atoms with Crippen LogP contribution in [0.4, 0.5) is 5.95 Å². The molecule has 0 spiro atoms. The van der Waals surface area contributed by atoms with E-state index in [9.17, 15) is 4.79 Å². The number of allylic oxidation sites excluding steroid dienone is 2. The zero-order chi connectivity index (χ0) is 24.5. The Morgan fingerprint density at radius 1 is 1.23 bits per heavy atom. The number of carbonyl (C=O) groups excluding carboxylic acids is 1. The van der Waals surface area contributed by atoms with Crippen LogP contribution in [0.5, 0.6) is 5.75 Å². The van der Waals surface area contributed by atoms with E-state index in [1.807, 2.05) is 28.9 Å². The van der Waals surface area contributed by atoms with Gasteiger partial charge >= 0.3 is 0 Å². The Labute approximate surface area is 226 Å². The van der Waals surface area contributed by atoms with Crippen molar-refractivity contribution < 1.29 is 9.53 Å². The predicted molar refractivity (Wildman–Crippen MR) is 144 cm³/mol. The minimum atomic E-state index is -0.439. The predicted octanol–water partition coefficient (Wildman–Crippen LogP) is 7.45. The van der Waals surface area contributed by atoms with Gasteiger partial charge in [-0.1, -0.05) is 63.9 Å². The van der Waals surface area contributed by atoms with Crippen LogP contribution in [0.15, 0.2) is 57.3 Å². The second-order valence-electron chi connectivity index (χ2n) is 8.41. The lowest BCUT2D eigenvalue weighted by atomic mass is 9.85. The van der Waals surface area contributed by atoms with Crippen molar-refractivity contribution in [2.24, 2.45) is 0 Å². The number of ether oxygens (including phenoxy) is 1. The summed E-state index contributed by atoms with van der Waals surface area (Å²) in [5.41, 5.74) is 3.31. The highest BCUT2D eigenvalue weighted by molar-refractivity contribution is 9.10. The standard InChI is InChI=1S/C25H23BrCl2N4O2S/c1-2-10-35-25-30-24-29-19-4-3-5-20(33)22(19)23(32(24)31-25)17-11-15(26)7-9-21(17)34-13-14-6-8-16(27)12-18(14)28/h6-9,11-12,23H,2-5,10,13H2,1H3,(H,29,30,31). The van der Waals surface area contributed by atoms with E-state index < -0.39 is 6.04 Å². The first-order valence-electron chi connectivity index (χ1n) is 11.4. The van der Waals surface area contributed by atoms with Crippen molar-refractivity contribution in [1.82, 2.24) is 14.8 Å². The largest absolute Gasteiger partial charge is 0.488 e. The average molecular weight is 594 g/mol. The number of nitrogens with zero attached hydrogens (tertiary/aromatic N) is 3. The minimum absolute atomic E-state index is 0.124. The number of fused-ring (bicyclic) bond motifs is 1. The van der Waals surface area contributed by atoms with Crippen LogP contribution in [-0.4, -0.2) is 26.3 Å². The number of hydrogen-bond donors (Lipinski definition) is 1. The molecule has 1 aliphatic carbocycles. The third-order valence-corrected chi connectivity index (χ3v) is 8.07. The molecule has 6 nitrogen and oxygen atoms in total. The first-order valence-corrected chi connectivity index (χ1v) is 14.0. The van der Waals surface area contributed by atoms with Gasteiger partial charge in [-0.2, -0.15) is 4.98 Å². The van der Waals surface area contributed by atoms with Crippen molar-refractivity contribution in [2.45, 2.75) is 50.4 Å². The van der Waals surface area contributed by atoms with E-state index in [0.29, 0.717) is 33.3 Å². The van der Waals surface area contributed by atoms with Gasteiger partial charge in [0, 0.05) is 49.1 Å². The maximum atomic E-state index is 13.2. The van der Waals surface area contributed by atoms with Crippen molar-refractivity contribution in [1.29, 1.82) is 0 Å². The van der Waals surface area contributed by atoms with Gasteiger partial charge in [-0.15, -0.1) is 5.10 Å². The molecule has 2 aromatic carbocycles. The van der Waals surface area contributed by atoms with Crippen LogP contribution in [-0.2, 0) is 11.4 Å². The summed E-state index contributed by atoms with van der Waals surface area (Å²) in [5, 5.41) is 9.99. The first-order chi connectivity index (χ1) is 16.9. The maximum absolute atomic E-state index is 13.2. The van der Waals surface area contributed by atoms with E-state index in [1.165, 1.54) is 0 Å². The molecule has 0 fully saturated rings. The average Bonchev–Trinajstić information content (AvgIpc) is 3.24. The quantitative estimate of drug-likeness (QED) is 0.287. The zero-order valence-electron chi connectivity index (χ0n) is 19.0. The molecular formula is C25H23BrCl2N4O2S. The molecule has 3 aromatic rings. The van der Waals surface area contributed by atoms with Gasteiger partial charge in [0.1, 0.15) is 18.4 Å². The molecule has 35 heavy (non-hydrogen) atoms. The van der Waals surface area contributed by atoms with Crippen molar-refractivity contribution in [3.63, 3.8) is 0 Å². The number of halogens is 3. The second kappa shape index (κ2) is 10.5. The lowest BCUT2D eigenvalue weighted by molar-refractivity contribution is -0.116. The summed E-state index contributed by atoms with van der Waals surface area (Å²) in [6, 6.07) is 10.7. The van der Waals surface area contributed by atoms with Crippen LogP contribution in [0.25, 0.3) is 0 Å². The first kappa shape index (κ1) is 24.7. The number of aromatic nitrogens is 3. The number of rotatable bonds is 7. The molecule has 182 valence electrons. The topological polar surface area (TPSA) is 69.0 Å². The highest BCUT2D eigenvalue weighted by Gasteiger charge is 2.38. The van der Waals surface area contributed by atoms with Crippen LogP contribution in [0.1, 0.15) is 49.8 Å². The number of carbonyl (C=O) groups is 1. The molecule has 1 atom stereocenters. The van der Waals surface area contributed by atoms with E-state index in [0.717, 1.165) is 51.9 Å². The summed E-state index contributed by atoms with van der Waals surface area (Å²) in [4.78, 5) is 17.9. The van der Waals surface area contributed by atoms with Gasteiger partial charge < -0.3 is 10.1 Å². The van der Waals surface area contributed by atoms with E-state index in [2.05, 4.69) is 28.2 Å². The second-order valence-corrected chi connectivity index (χ2v) is 11.2. The zero-order valence-corrected chi connectivity index (χ0v) is 22.9. The van der Waals surface area contributed by atoms with Crippen molar-refractivity contribution in [3.8, 4) is 5.75 Å². The molecule has 10 heteroatoms. The minimum Gasteiger partial charge on any atom is -0.488 e. The van der Waals surface area contributed by atoms with Crippen LogP contribution >= 0.6 is 50.9 Å². The fourth-order valence-corrected chi connectivity index (χ4v) is 5.86. The Morgan fingerprint density at radius 3 is 2.89 bits per heavy atom. The lowest BCUT2D eigenvalue weighted by Crippen LogP contribution is -2.31. The molecule has 0 amide bonds. The van der Waals surface area contributed by atoms with E-state index >= 15 is 0 Å². The van der Waals surface area contributed by atoms with Gasteiger partial charge in [0.15, 0.2) is 5.78 Å².